The Hall–Kier alpha value is -1.28. The molecule has 1 N–H and O–H groups in total. The van der Waals surface area contributed by atoms with Crippen LogP contribution in [0.15, 0.2) is 18.2 Å². The first-order valence-corrected chi connectivity index (χ1v) is 10.7. The Morgan fingerprint density at radius 3 is 2.83 bits per heavy atom. The Morgan fingerprint density at radius 2 is 2.21 bits per heavy atom. The van der Waals surface area contributed by atoms with Gasteiger partial charge < -0.3 is 5.32 Å². The van der Waals surface area contributed by atoms with Crippen molar-refractivity contribution < 1.29 is 17.6 Å². The van der Waals surface area contributed by atoms with Crippen LogP contribution in [-0.2, 0) is 14.8 Å². The maximum atomic E-state index is 14.0. The normalized spacial score (nSPS) is 17.7. The van der Waals surface area contributed by atoms with E-state index < -0.39 is 15.8 Å². The molecule has 1 aliphatic rings. The molecule has 0 radical (unpaired) electrons. The minimum atomic E-state index is -3.34. The van der Waals surface area contributed by atoms with Crippen molar-refractivity contribution in [3.63, 3.8) is 0 Å². The molecule has 0 spiro atoms. The molecule has 5 nitrogen and oxygen atoms in total. The quantitative estimate of drug-likeness (QED) is 0.744. The molecule has 1 aromatic rings. The molecule has 8 heteroatoms. The van der Waals surface area contributed by atoms with E-state index in [1.807, 2.05) is 0 Å². The molecule has 1 fully saturated rings. The molecule has 1 heterocycles. The summed E-state index contributed by atoms with van der Waals surface area (Å²) in [6.07, 6.45) is 2.63. The number of sulfonamides is 1. The highest BCUT2D eigenvalue weighted by Gasteiger charge is 2.29. The fourth-order valence-corrected chi connectivity index (χ4v) is 4.98. The number of amides is 1. The van der Waals surface area contributed by atoms with Crippen LogP contribution in [0, 0.1) is 5.82 Å². The minimum absolute atomic E-state index is 0.0162. The van der Waals surface area contributed by atoms with Crippen molar-refractivity contribution in [3.8, 4) is 0 Å². The number of hydrogen-bond acceptors (Lipinski definition) is 4. The highest BCUT2D eigenvalue weighted by Crippen LogP contribution is 2.28. The van der Waals surface area contributed by atoms with E-state index in [1.54, 1.807) is 6.92 Å². The highest BCUT2D eigenvalue weighted by atomic mass is 32.2. The topological polar surface area (TPSA) is 66.5 Å². The highest BCUT2D eigenvalue weighted by molar-refractivity contribution is 8.00. The van der Waals surface area contributed by atoms with Gasteiger partial charge in [0.25, 0.3) is 0 Å². The summed E-state index contributed by atoms with van der Waals surface area (Å²) in [7, 11) is -3.34. The van der Waals surface area contributed by atoms with Crippen molar-refractivity contribution in [1.29, 1.82) is 0 Å². The van der Waals surface area contributed by atoms with Crippen LogP contribution in [0.25, 0.3) is 0 Å². The summed E-state index contributed by atoms with van der Waals surface area (Å²) in [6, 6.07) is 4.00. The van der Waals surface area contributed by atoms with Crippen LogP contribution < -0.4 is 9.62 Å². The number of unbranched alkanes of at least 4 members (excludes halogenated alkanes) is 1. The molecule has 0 unspecified atom stereocenters. The lowest BCUT2D eigenvalue weighted by Crippen LogP contribution is -2.26. The monoisotopic (exact) mass is 374 g/mol. The molecule has 0 aromatic heterocycles. The number of anilines is 2. The number of rotatable bonds is 7. The van der Waals surface area contributed by atoms with Crippen LogP contribution >= 0.6 is 11.8 Å². The molecular formula is C16H23FN2O3S2. The Labute approximate surface area is 147 Å². The fourth-order valence-electron chi connectivity index (χ4n) is 2.41. The number of nitrogens with one attached hydrogen (secondary N) is 1. The van der Waals surface area contributed by atoms with E-state index in [-0.39, 0.29) is 22.6 Å². The maximum Gasteiger partial charge on any atom is 0.237 e. The molecule has 1 atom stereocenters. The zero-order chi connectivity index (χ0) is 17.7. The number of benzene rings is 1. The van der Waals surface area contributed by atoms with Crippen LogP contribution in [0.1, 0.15) is 33.1 Å². The standard InChI is InChI=1S/C16H23FN2O3S2/c1-3-4-9-23-12(2)16(20)18-15-11-13(6-7-14(15)17)19-8-5-10-24(19,21)22/h6-7,11-12H,3-5,8-10H2,1-2H3,(H,18,20)/t12-/m1/s1. The third kappa shape index (κ3) is 4.63. The Kier molecular flexibility index (Phi) is 6.51. The second kappa shape index (κ2) is 8.20. The van der Waals surface area contributed by atoms with Gasteiger partial charge in [0.2, 0.25) is 15.9 Å². The van der Waals surface area contributed by atoms with Gasteiger partial charge in [-0.05, 0) is 43.7 Å². The Bertz CT molecular complexity index is 695. The van der Waals surface area contributed by atoms with Crippen molar-refractivity contribution >= 4 is 39.1 Å². The van der Waals surface area contributed by atoms with Gasteiger partial charge in [-0.25, -0.2) is 12.8 Å². The van der Waals surface area contributed by atoms with Gasteiger partial charge in [0.1, 0.15) is 5.82 Å². The summed E-state index contributed by atoms with van der Waals surface area (Å²) in [6.45, 7) is 4.24. The first kappa shape index (κ1) is 19.1. The lowest BCUT2D eigenvalue weighted by molar-refractivity contribution is -0.115. The third-order valence-electron chi connectivity index (χ3n) is 3.83. The van der Waals surface area contributed by atoms with Gasteiger partial charge in [0, 0.05) is 6.54 Å². The SMILES string of the molecule is CCCCS[C@H](C)C(=O)Nc1cc(N2CCCS2(=O)=O)ccc1F. The average Bonchev–Trinajstić information content (AvgIpc) is 2.89. The molecule has 1 aliphatic heterocycles. The average molecular weight is 375 g/mol. The number of hydrogen-bond donors (Lipinski definition) is 1. The molecule has 24 heavy (non-hydrogen) atoms. The van der Waals surface area contributed by atoms with Crippen LogP contribution in [0.2, 0.25) is 0 Å². The lowest BCUT2D eigenvalue weighted by Gasteiger charge is -2.19. The van der Waals surface area contributed by atoms with Gasteiger partial charge in [-0.3, -0.25) is 9.10 Å². The van der Waals surface area contributed by atoms with E-state index in [1.165, 1.54) is 34.3 Å². The predicted octanol–water partition coefficient (Wildman–Crippen LogP) is 3.23. The first-order chi connectivity index (χ1) is 11.3. The Balaban J connectivity index is 2.10. The third-order valence-corrected chi connectivity index (χ3v) is 6.94. The summed E-state index contributed by atoms with van der Waals surface area (Å²) in [5, 5.41) is 2.28. The molecule has 134 valence electrons. The first-order valence-electron chi connectivity index (χ1n) is 8.07. The summed E-state index contributed by atoms with van der Waals surface area (Å²) in [4.78, 5) is 12.2. The Morgan fingerprint density at radius 1 is 1.46 bits per heavy atom. The molecular weight excluding hydrogens is 351 g/mol. The number of carbonyl (C=O) groups excluding carboxylic acids is 1. The zero-order valence-corrected chi connectivity index (χ0v) is 15.6. The molecule has 2 rings (SSSR count). The van der Waals surface area contributed by atoms with Crippen molar-refractivity contribution in [1.82, 2.24) is 0 Å². The number of carbonyl (C=O) groups is 1. The second-order valence-corrected chi connectivity index (χ2v) is 9.22. The largest absolute Gasteiger partial charge is 0.323 e. The van der Waals surface area contributed by atoms with Crippen molar-refractivity contribution in [2.75, 3.05) is 27.7 Å². The van der Waals surface area contributed by atoms with E-state index in [0.29, 0.717) is 18.7 Å². The molecule has 0 aliphatic carbocycles. The minimum Gasteiger partial charge on any atom is -0.323 e. The van der Waals surface area contributed by atoms with E-state index in [4.69, 9.17) is 0 Å². The molecule has 0 bridgehead atoms. The molecule has 1 aromatic carbocycles. The number of nitrogens with zero attached hydrogens (tertiary/aromatic N) is 1. The van der Waals surface area contributed by atoms with Crippen LogP contribution in [0.3, 0.4) is 0 Å². The molecule has 0 saturated carbocycles. The van der Waals surface area contributed by atoms with Gasteiger partial charge >= 0.3 is 0 Å². The summed E-state index contributed by atoms with van der Waals surface area (Å²) in [5.74, 6) is 0.113. The van der Waals surface area contributed by atoms with Gasteiger partial charge in [0.15, 0.2) is 0 Å². The lowest BCUT2D eigenvalue weighted by atomic mass is 10.2. The van der Waals surface area contributed by atoms with Crippen molar-refractivity contribution in [2.24, 2.45) is 0 Å². The zero-order valence-electron chi connectivity index (χ0n) is 13.9. The van der Waals surface area contributed by atoms with Gasteiger partial charge in [-0.15, -0.1) is 11.8 Å². The number of halogens is 1. The van der Waals surface area contributed by atoms with Crippen LogP contribution in [0.4, 0.5) is 15.8 Å². The van der Waals surface area contributed by atoms with Crippen molar-refractivity contribution in [2.45, 2.75) is 38.4 Å². The van der Waals surface area contributed by atoms with Crippen LogP contribution in [-0.4, -0.2) is 37.6 Å². The summed E-state index contributed by atoms with van der Waals surface area (Å²) in [5.41, 5.74) is 0.401. The number of thioether (sulfide) groups is 1. The van der Waals surface area contributed by atoms with E-state index >= 15 is 0 Å². The predicted molar refractivity (Wildman–Crippen MR) is 97.6 cm³/mol. The fraction of sp³-hybridized carbons (Fsp3) is 0.562. The van der Waals surface area contributed by atoms with Gasteiger partial charge in [-0.2, -0.15) is 0 Å². The van der Waals surface area contributed by atoms with E-state index in [0.717, 1.165) is 18.6 Å². The van der Waals surface area contributed by atoms with Crippen LogP contribution in [0.5, 0.6) is 0 Å². The summed E-state index contributed by atoms with van der Waals surface area (Å²) < 4.78 is 39.2. The second-order valence-electron chi connectivity index (χ2n) is 5.76. The maximum absolute atomic E-state index is 14.0. The molecule has 1 amide bonds. The molecule has 1 saturated heterocycles. The van der Waals surface area contributed by atoms with E-state index in [9.17, 15) is 17.6 Å². The van der Waals surface area contributed by atoms with Gasteiger partial charge in [-0.1, -0.05) is 13.3 Å². The van der Waals surface area contributed by atoms with Gasteiger partial charge in [0.05, 0.1) is 22.4 Å². The van der Waals surface area contributed by atoms with Crippen molar-refractivity contribution in [3.05, 3.63) is 24.0 Å². The smallest absolute Gasteiger partial charge is 0.237 e. The van der Waals surface area contributed by atoms with E-state index in [2.05, 4.69) is 12.2 Å². The summed E-state index contributed by atoms with van der Waals surface area (Å²) >= 11 is 1.52.